The van der Waals surface area contributed by atoms with E-state index < -0.39 is 5.97 Å². The Morgan fingerprint density at radius 1 is 1.50 bits per heavy atom. The molecule has 0 bridgehead atoms. The summed E-state index contributed by atoms with van der Waals surface area (Å²) >= 11 is 0. The molecule has 0 aromatic rings. The van der Waals surface area contributed by atoms with Crippen LogP contribution in [0.4, 0.5) is 4.53 Å². The Bertz CT molecular complexity index is 201. The molecule has 68 valence electrons. The zero-order valence-electron chi connectivity index (χ0n) is 6.81. The van der Waals surface area contributed by atoms with Crippen LogP contribution in [0, 0.1) is 11.3 Å². The highest BCUT2D eigenvalue weighted by Gasteiger charge is 2.59. The van der Waals surface area contributed by atoms with Crippen LogP contribution in [0.5, 0.6) is 0 Å². The van der Waals surface area contributed by atoms with Gasteiger partial charge < -0.3 is 5.32 Å². The average Bonchev–Trinajstić information content (AvgIpc) is 2.80. The molecule has 3 nitrogen and oxygen atoms in total. The van der Waals surface area contributed by atoms with E-state index in [1.54, 1.807) is 0 Å². The summed E-state index contributed by atoms with van der Waals surface area (Å²) < 4.78 is 11.6. The maximum Gasteiger partial charge on any atom is 0.352 e. The topological polar surface area (TPSA) is 38.3 Å². The molecule has 2 aliphatic rings. The van der Waals surface area contributed by atoms with Crippen molar-refractivity contribution >= 4 is 5.97 Å². The summed E-state index contributed by atoms with van der Waals surface area (Å²) in [6, 6.07) is 0. The minimum Gasteiger partial charge on any atom is -0.317 e. The number of hydrogen-bond acceptors (Lipinski definition) is 3. The molecule has 2 rings (SSSR count). The fraction of sp³-hybridized carbons (Fsp3) is 0.875. The molecule has 0 aromatic heterocycles. The van der Waals surface area contributed by atoms with Crippen LogP contribution in [0.15, 0.2) is 0 Å². The first-order valence-electron chi connectivity index (χ1n) is 4.32. The van der Waals surface area contributed by atoms with Crippen molar-refractivity contribution in [2.45, 2.75) is 19.3 Å². The predicted octanol–water partition coefficient (Wildman–Crippen LogP) is 0.804. The smallest absolute Gasteiger partial charge is 0.317 e. The highest BCUT2D eigenvalue weighted by Crippen LogP contribution is 2.58. The van der Waals surface area contributed by atoms with Gasteiger partial charge in [0.2, 0.25) is 0 Å². The number of carbonyl (C=O) groups excluding carboxylic acids is 1. The molecule has 1 N–H and O–H groups in total. The zero-order chi connectivity index (χ0) is 8.60. The molecule has 1 heterocycles. The first-order chi connectivity index (χ1) is 5.78. The zero-order valence-corrected chi connectivity index (χ0v) is 6.81. The molecule has 1 saturated carbocycles. The number of halogens is 1. The van der Waals surface area contributed by atoms with Crippen molar-refractivity contribution in [2.75, 3.05) is 13.1 Å². The SMILES string of the molecule is O=C(OF)C1CC12CCNCC2. The second-order valence-electron chi connectivity index (χ2n) is 3.77. The van der Waals surface area contributed by atoms with Crippen LogP contribution in [0.25, 0.3) is 0 Å². The number of rotatable bonds is 1. The molecule has 12 heavy (non-hydrogen) atoms. The maximum absolute atomic E-state index is 11.6. The van der Waals surface area contributed by atoms with E-state index in [0.29, 0.717) is 0 Å². The van der Waals surface area contributed by atoms with Crippen molar-refractivity contribution in [3.05, 3.63) is 0 Å². The summed E-state index contributed by atoms with van der Waals surface area (Å²) in [7, 11) is 0. The molecule has 2 fully saturated rings. The van der Waals surface area contributed by atoms with Crippen molar-refractivity contribution in [1.82, 2.24) is 5.32 Å². The highest BCUT2D eigenvalue weighted by atomic mass is 19.3. The van der Waals surface area contributed by atoms with Gasteiger partial charge in [-0.2, -0.15) is 0 Å². The van der Waals surface area contributed by atoms with E-state index in [-0.39, 0.29) is 11.3 Å². The van der Waals surface area contributed by atoms with Gasteiger partial charge in [0, 0.05) is 4.53 Å². The third-order valence-corrected chi connectivity index (χ3v) is 3.15. The summed E-state index contributed by atoms with van der Waals surface area (Å²) in [6.07, 6.45) is 2.77. The third-order valence-electron chi connectivity index (χ3n) is 3.15. The molecule has 1 aliphatic carbocycles. The van der Waals surface area contributed by atoms with Crippen molar-refractivity contribution < 1.29 is 14.3 Å². The number of piperidine rings is 1. The lowest BCUT2D eigenvalue weighted by atomic mass is 9.92. The molecule has 1 saturated heterocycles. The first-order valence-corrected chi connectivity index (χ1v) is 4.32. The van der Waals surface area contributed by atoms with Crippen LogP contribution in [0.3, 0.4) is 0 Å². The molecule has 0 amide bonds. The van der Waals surface area contributed by atoms with Crippen molar-refractivity contribution in [1.29, 1.82) is 0 Å². The van der Waals surface area contributed by atoms with Gasteiger partial charge in [-0.3, -0.25) is 4.94 Å². The molecule has 1 atom stereocenters. The van der Waals surface area contributed by atoms with E-state index in [9.17, 15) is 9.32 Å². The fourth-order valence-electron chi connectivity index (χ4n) is 2.21. The summed E-state index contributed by atoms with van der Waals surface area (Å²) in [5.41, 5.74) is 0.0917. The van der Waals surface area contributed by atoms with Gasteiger partial charge >= 0.3 is 5.97 Å². The van der Waals surface area contributed by atoms with E-state index in [2.05, 4.69) is 10.3 Å². The normalized spacial score (nSPS) is 31.6. The van der Waals surface area contributed by atoms with Crippen LogP contribution in [-0.2, 0) is 9.74 Å². The van der Waals surface area contributed by atoms with Crippen LogP contribution in [-0.4, -0.2) is 19.1 Å². The van der Waals surface area contributed by atoms with Gasteiger partial charge in [-0.05, 0) is 37.8 Å². The number of nitrogens with one attached hydrogen (secondary N) is 1. The lowest BCUT2D eigenvalue weighted by Crippen LogP contribution is -2.30. The van der Waals surface area contributed by atoms with Gasteiger partial charge in [0.25, 0.3) is 0 Å². The maximum atomic E-state index is 11.6. The second-order valence-corrected chi connectivity index (χ2v) is 3.77. The van der Waals surface area contributed by atoms with Gasteiger partial charge in [0.15, 0.2) is 0 Å². The summed E-state index contributed by atoms with van der Waals surface area (Å²) in [5, 5.41) is 3.21. The first kappa shape index (κ1) is 7.98. The molecular formula is C8H12FNO2. The van der Waals surface area contributed by atoms with E-state index in [0.717, 1.165) is 32.4 Å². The van der Waals surface area contributed by atoms with Crippen molar-refractivity contribution in [3.63, 3.8) is 0 Å². The number of hydrogen-bond donors (Lipinski definition) is 1. The summed E-state index contributed by atoms with van der Waals surface area (Å²) in [5.74, 6) is -0.832. The molecule has 0 aromatic carbocycles. The van der Waals surface area contributed by atoms with E-state index in [1.807, 2.05) is 0 Å². The van der Waals surface area contributed by atoms with Crippen LogP contribution in [0.2, 0.25) is 0 Å². The fourth-order valence-corrected chi connectivity index (χ4v) is 2.21. The van der Waals surface area contributed by atoms with Crippen molar-refractivity contribution in [3.8, 4) is 0 Å². The summed E-state index contributed by atoms with van der Waals surface area (Å²) in [6.45, 7) is 1.88. The largest absolute Gasteiger partial charge is 0.352 e. The Morgan fingerprint density at radius 2 is 2.17 bits per heavy atom. The molecule has 1 unspecified atom stereocenters. The Morgan fingerprint density at radius 3 is 2.75 bits per heavy atom. The highest BCUT2D eigenvalue weighted by molar-refractivity contribution is 5.76. The van der Waals surface area contributed by atoms with Gasteiger partial charge in [-0.15, -0.1) is 0 Å². The third kappa shape index (κ3) is 1.10. The molecule has 1 spiro atoms. The van der Waals surface area contributed by atoms with E-state index >= 15 is 0 Å². The van der Waals surface area contributed by atoms with Gasteiger partial charge in [-0.25, -0.2) is 4.79 Å². The molecule has 4 heteroatoms. The molecule has 0 radical (unpaired) electrons. The predicted molar refractivity (Wildman–Crippen MR) is 39.8 cm³/mol. The van der Waals surface area contributed by atoms with Gasteiger partial charge in [0.1, 0.15) is 0 Å². The van der Waals surface area contributed by atoms with Crippen LogP contribution < -0.4 is 5.32 Å². The lowest BCUT2D eigenvalue weighted by Gasteiger charge is -2.22. The second kappa shape index (κ2) is 2.69. The quantitative estimate of drug-likeness (QED) is 0.637. The minimum absolute atomic E-state index is 0.0917. The Hall–Kier alpha value is -0.640. The Balaban J connectivity index is 1.95. The van der Waals surface area contributed by atoms with Crippen LogP contribution >= 0.6 is 0 Å². The molecule has 1 aliphatic heterocycles. The monoisotopic (exact) mass is 173 g/mol. The van der Waals surface area contributed by atoms with E-state index in [4.69, 9.17) is 0 Å². The lowest BCUT2D eigenvalue weighted by molar-refractivity contribution is -0.186. The van der Waals surface area contributed by atoms with Gasteiger partial charge in [-0.1, -0.05) is 0 Å². The minimum atomic E-state index is -0.670. The standard InChI is InChI=1S/C8H12FNO2/c9-12-7(11)6-5-8(6)1-3-10-4-2-8/h6,10H,1-5H2. The van der Waals surface area contributed by atoms with E-state index in [1.165, 1.54) is 0 Å². The van der Waals surface area contributed by atoms with Crippen molar-refractivity contribution in [2.24, 2.45) is 11.3 Å². The summed E-state index contributed by atoms with van der Waals surface area (Å²) in [4.78, 5) is 14.1. The molecular weight excluding hydrogens is 161 g/mol. The average molecular weight is 173 g/mol. The van der Waals surface area contributed by atoms with Gasteiger partial charge in [0.05, 0.1) is 5.92 Å². The Kier molecular flexibility index (Phi) is 1.79. The van der Waals surface area contributed by atoms with Crippen LogP contribution in [0.1, 0.15) is 19.3 Å². The number of carbonyl (C=O) groups is 1. The Labute approximate surface area is 70.2 Å².